The lowest BCUT2D eigenvalue weighted by molar-refractivity contribution is -0.142. The van der Waals surface area contributed by atoms with Gasteiger partial charge in [-0.05, 0) is 77.2 Å². The maximum absolute atomic E-state index is 14.1. The van der Waals surface area contributed by atoms with Crippen LogP contribution in [0, 0.1) is 11.3 Å². The third kappa shape index (κ3) is 11.1. The fourth-order valence-electron chi connectivity index (χ4n) is 6.60. The van der Waals surface area contributed by atoms with Crippen molar-refractivity contribution in [3.8, 4) is 0 Å². The molecule has 4 amide bonds. The third-order valence-corrected chi connectivity index (χ3v) is 9.35. The lowest BCUT2D eigenvalue weighted by atomic mass is 9.84. The van der Waals surface area contributed by atoms with Gasteiger partial charge in [0.2, 0.25) is 23.6 Å². The van der Waals surface area contributed by atoms with Crippen LogP contribution in [0.25, 0.3) is 0 Å². The Morgan fingerprint density at radius 3 is 2.16 bits per heavy atom. The summed E-state index contributed by atoms with van der Waals surface area (Å²) in [5.74, 6) is -0.585. The topological polar surface area (TPSA) is 122 Å². The van der Waals surface area contributed by atoms with Gasteiger partial charge in [0.1, 0.15) is 12.1 Å². The number of nitrogens with one attached hydrogen (secondary N) is 2. The predicted molar refractivity (Wildman–Crippen MR) is 179 cm³/mol. The molecule has 0 bridgehead atoms. The molecule has 0 aromatic carbocycles. The van der Waals surface area contributed by atoms with Crippen molar-refractivity contribution in [3.05, 3.63) is 11.6 Å². The molecule has 258 valence electrons. The van der Waals surface area contributed by atoms with Crippen LogP contribution in [0.1, 0.15) is 113 Å². The number of hydrogen-bond donors (Lipinski definition) is 3. The van der Waals surface area contributed by atoms with Crippen molar-refractivity contribution in [2.75, 3.05) is 33.3 Å². The number of unbranched alkanes of at least 4 members (excludes halogenated alkanes) is 3. The number of amides is 4. The van der Waals surface area contributed by atoms with E-state index >= 15 is 0 Å². The van der Waals surface area contributed by atoms with Crippen molar-refractivity contribution >= 4 is 23.6 Å². The van der Waals surface area contributed by atoms with Crippen LogP contribution in [0.3, 0.4) is 0 Å². The molecule has 0 aliphatic carbocycles. The first-order valence-electron chi connectivity index (χ1n) is 17.3. The van der Waals surface area contributed by atoms with Crippen molar-refractivity contribution in [3.63, 3.8) is 0 Å². The van der Waals surface area contributed by atoms with Crippen LogP contribution in [0.2, 0.25) is 0 Å². The first-order valence-corrected chi connectivity index (χ1v) is 17.3. The van der Waals surface area contributed by atoms with Crippen LogP contribution >= 0.6 is 0 Å². The van der Waals surface area contributed by atoms with Gasteiger partial charge >= 0.3 is 0 Å². The highest BCUT2D eigenvalue weighted by Gasteiger charge is 2.40. The monoisotopic (exact) mass is 633 g/mol. The second-order valence-electron chi connectivity index (χ2n) is 14.8. The summed E-state index contributed by atoms with van der Waals surface area (Å²) in [4.78, 5) is 59.9. The third-order valence-electron chi connectivity index (χ3n) is 9.35. The quantitative estimate of drug-likeness (QED) is 0.186. The molecule has 0 spiro atoms. The van der Waals surface area contributed by atoms with E-state index < -0.39 is 17.5 Å². The van der Waals surface area contributed by atoms with Gasteiger partial charge in [0.05, 0.1) is 12.1 Å². The van der Waals surface area contributed by atoms with Crippen molar-refractivity contribution in [1.82, 2.24) is 25.3 Å². The second-order valence-corrected chi connectivity index (χ2v) is 14.8. The number of carbonyl (C=O) groups is 4. The molecule has 45 heavy (non-hydrogen) atoms. The molecule has 2 heterocycles. The lowest BCUT2D eigenvalue weighted by Gasteiger charge is -2.41. The number of hydrogen-bond acceptors (Lipinski definition) is 6. The Hall–Kier alpha value is -2.46. The molecule has 0 aromatic heterocycles. The van der Waals surface area contributed by atoms with Crippen LogP contribution in [-0.2, 0) is 19.2 Å². The molecule has 2 aliphatic rings. The zero-order chi connectivity index (χ0) is 33.9. The SMILES string of the molecule is C/C(=C\[C@H](C(C)C)N(C)C(=O)C(NC(=O)C1CCCCN1C(C)C)C(C)(C)C)C(=O)N1CCCC1C(=O)NCCCCCCO. The van der Waals surface area contributed by atoms with Gasteiger partial charge in [-0.2, -0.15) is 0 Å². The number of piperidine rings is 1. The Morgan fingerprint density at radius 2 is 1.56 bits per heavy atom. The number of rotatable bonds is 15. The Labute approximate surface area is 272 Å². The van der Waals surface area contributed by atoms with Gasteiger partial charge in [0.15, 0.2) is 0 Å². The fraction of sp³-hybridized carbons (Fsp3) is 0.829. The minimum Gasteiger partial charge on any atom is -0.396 e. The first kappa shape index (κ1) is 38.7. The molecule has 0 aromatic rings. The largest absolute Gasteiger partial charge is 0.396 e. The Bertz CT molecular complexity index is 1020. The number of carbonyl (C=O) groups excluding carboxylic acids is 4. The van der Waals surface area contributed by atoms with E-state index in [9.17, 15) is 19.2 Å². The van der Waals surface area contributed by atoms with E-state index in [-0.39, 0.29) is 54.3 Å². The normalized spacial score (nSPS) is 21.2. The highest BCUT2D eigenvalue weighted by atomic mass is 16.3. The molecule has 2 rings (SSSR count). The van der Waals surface area contributed by atoms with Gasteiger partial charge in [0, 0.05) is 38.4 Å². The van der Waals surface area contributed by atoms with Gasteiger partial charge in [-0.25, -0.2) is 0 Å². The average molecular weight is 634 g/mol. The van der Waals surface area contributed by atoms with Crippen molar-refractivity contribution in [1.29, 1.82) is 0 Å². The number of aliphatic hydroxyl groups is 1. The summed E-state index contributed by atoms with van der Waals surface area (Å²) in [5.41, 5.74) is -0.0215. The van der Waals surface area contributed by atoms with E-state index in [1.54, 1.807) is 23.8 Å². The zero-order valence-electron chi connectivity index (χ0n) is 29.7. The lowest BCUT2D eigenvalue weighted by Crippen LogP contribution is -2.60. The first-order chi connectivity index (χ1) is 21.1. The molecular weight excluding hydrogens is 570 g/mol. The minimum absolute atomic E-state index is 0.0105. The summed E-state index contributed by atoms with van der Waals surface area (Å²) in [7, 11) is 1.75. The Morgan fingerprint density at radius 1 is 0.911 bits per heavy atom. The highest BCUT2D eigenvalue weighted by Crippen LogP contribution is 2.27. The highest BCUT2D eigenvalue weighted by molar-refractivity contribution is 5.97. The summed E-state index contributed by atoms with van der Waals surface area (Å²) in [6, 6.07) is -1.61. The number of aliphatic hydroxyl groups excluding tert-OH is 1. The van der Waals surface area contributed by atoms with Crippen LogP contribution in [0.4, 0.5) is 0 Å². The van der Waals surface area contributed by atoms with E-state index in [0.717, 1.165) is 57.9 Å². The number of likely N-dealkylation sites (tertiary alicyclic amines) is 2. The molecule has 10 heteroatoms. The van der Waals surface area contributed by atoms with Gasteiger partial charge in [-0.1, -0.05) is 60.0 Å². The van der Waals surface area contributed by atoms with E-state index in [0.29, 0.717) is 25.1 Å². The second kappa shape index (κ2) is 18.0. The summed E-state index contributed by atoms with van der Waals surface area (Å²) in [6.45, 7) is 18.0. The van der Waals surface area contributed by atoms with E-state index in [1.807, 2.05) is 40.7 Å². The molecule has 0 saturated carbocycles. The van der Waals surface area contributed by atoms with E-state index in [1.165, 1.54) is 0 Å². The van der Waals surface area contributed by atoms with Crippen molar-refractivity contribution < 1.29 is 24.3 Å². The zero-order valence-corrected chi connectivity index (χ0v) is 29.7. The molecule has 10 nitrogen and oxygen atoms in total. The summed E-state index contributed by atoms with van der Waals surface area (Å²) in [5, 5.41) is 15.1. The van der Waals surface area contributed by atoms with E-state index in [4.69, 9.17) is 5.11 Å². The maximum atomic E-state index is 14.1. The van der Waals surface area contributed by atoms with Gasteiger partial charge < -0.3 is 25.5 Å². The molecule has 3 unspecified atom stereocenters. The van der Waals surface area contributed by atoms with Crippen LogP contribution in [0.15, 0.2) is 11.6 Å². The minimum atomic E-state index is -0.730. The van der Waals surface area contributed by atoms with Gasteiger partial charge in [-0.3, -0.25) is 24.1 Å². The van der Waals surface area contributed by atoms with Gasteiger partial charge in [-0.15, -0.1) is 0 Å². The van der Waals surface area contributed by atoms with Crippen LogP contribution in [0.5, 0.6) is 0 Å². The standard InChI is InChI=1S/C35H63N5O5/c1-24(2)29(23-26(5)33(44)40-21-16-18-27(40)31(42)36-19-13-10-11-15-22-41)38(9)34(45)30(35(6,7)8)37-32(43)28-17-12-14-20-39(28)25(3)4/h23-25,27-30,41H,10-22H2,1-9H3,(H,36,42)(H,37,43)/b26-23+/t27?,28?,29-,30?/m1/s1. The van der Waals surface area contributed by atoms with Crippen molar-refractivity contribution in [2.24, 2.45) is 11.3 Å². The molecule has 2 saturated heterocycles. The molecule has 2 fully saturated rings. The summed E-state index contributed by atoms with van der Waals surface area (Å²) >= 11 is 0. The average Bonchev–Trinajstić information content (AvgIpc) is 3.48. The van der Waals surface area contributed by atoms with Crippen LogP contribution in [-0.4, -0.2) is 107 Å². The fourth-order valence-corrected chi connectivity index (χ4v) is 6.60. The maximum Gasteiger partial charge on any atom is 0.249 e. The Balaban J connectivity index is 2.16. The predicted octanol–water partition coefficient (Wildman–Crippen LogP) is 3.87. The number of nitrogens with zero attached hydrogens (tertiary/aromatic N) is 3. The van der Waals surface area contributed by atoms with E-state index in [2.05, 4.69) is 29.4 Å². The smallest absolute Gasteiger partial charge is 0.249 e. The molecule has 4 atom stereocenters. The molecule has 0 radical (unpaired) electrons. The summed E-state index contributed by atoms with van der Waals surface area (Å²) in [6.07, 6.45) is 9.57. The Kier molecular flexibility index (Phi) is 15.5. The molecule has 3 N–H and O–H groups in total. The summed E-state index contributed by atoms with van der Waals surface area (Å²) < 4.78 is 0. The number of likely N-dealkylation sites (N-methyl/N-ethyl adjacent to an activating group) is 1. The molecular formula is C35H63N5O5. The van der Waals surface area contributed by atoms with Crippen molar-refractivity contribution in [2.45, 2.75) is 143 Å². The molecule has 2 aliphatic heterocycles. The van der Waals surface area contributed by atoms with Gasteiger partial charge in [0.25, 0.3) is 0 Å². The van der Waals surface area contributed by atoms with Crippen LogP contribution < -0.4 is 10.6 Å².